The molecule has 0 saturated heterocycles. The number of hydrogen-bond donors (Lipinski definition) is 0. The van der Waals surface area contributed by atoms with Gasteiger partial charge in [0.15, 0.2) is 5.76 Å². The lowest BCUT2D eigenvalue weighted by Gasteiger charge is -2.23. The Hall–Kier alpha value is -1.32. The minimum atomic E-state index is -0.850. The lowest BCUT2D eigenvalue weighted by Crippen LogP contribution is -2.36. The number of fused-ring (bicyclic) bond motifs is 1. The van der Waals surface area contributed by atoms with E-state index in [9.17, 15) is 4.79 Å². The number of furan rings is 1. The van der Waals surface area contributed by atoms with Crippen LogP contribution in [-0.4, -0.2) is 18.5 Å². The maximum Gasteiger partial charge on any atom is 0.229 e. The van der Waals surface area contributed by atoms with Gasteiger partial charge in [0.05, 0.1) is 0 Å². The smallest absolute Gasteiger partial charge is 0.229 e. The van der Waals surface area contributed by atoms with E-state index in [4.69, 9.17) is 20.8 Å². The van der Waals surface area contributed by atoms with Crippen molar-refractivity contribution in [3.63, 3.8) is 0 Å². The van der Waals surface area contributed by atoms with E-state index >= 15 is 0 Å². The predicted molar refractivity (Wildman–Crippen MR) is 71.3 cm³/mol. The molecule has 0 aliphatic carbocycles. The van der Waals surface area contributed by atoms with Crippen molar-refractivity contribution in [2.75, 3.05) is 7.11 Å². The highest BCUT2D eigenvalue weighted by Gasteiger charge is 2.34. The first-order chi connectivity index (χ1) is 8.50. The van der Waals surface area contributed by atoms with Crippen LogP contribution in [0.5, 0.6) is 0 Å². The highest BCUT2D eigenvalue weighted by atomic mass is 35.5. The molecular weight excluding hydrogens is 252 g/mol. The van der Waals surface area contributed by atoms with Gasteiger partial charge in [0.2, 0.25) is 5.78 Å². The highest BCUT2D eigenvalue weighted by Crippen LogP contribution is 2.27. The van der Waals surface area contributed by atoms with E-state index in [2.05, 4.69) is 0 Å². The van der Waals surface area contributed by atoms with Crippen LogP contribution in [0, 0.1) is 0 Å². The molecule has 2 aromatic rings. The molecule has 0 saturated carbocycles. The molecule has 0 radical (unpaired) electrons. The van der Waals surface area contributed by atoms with Crippen LogP contribution in [0.3, 0.4) is 0 Å². The largest absolute Gasteiger partial charge is 0.453 e. The van der Waals surface area contributed by atoms with Crippen molar-refractivity contribution in [3.8, 4) is 0 Å². The van der Waals surface area contributed by atoms with E-state index in [0.717, 1.165) is 5.39 Å². The molecule has 1 atom stereocenters. The van der Waals surface area contributed by atoms with Gasteiger partial charge >= 0.3 is 0 Å². The second-order valence-corrected chi connectivity index (χ2v) is 4.85. The van der Waals surface area contributed by atoms with Gasteiger partial charge in [-0.2, -0.15) is 0 Å². The van der Waals surface area contributed by atoms with Crippen LogP contribution in [0.1, 0.15) is 30.8 Å². The summed E-state index contributed by atoms with van der Waals surface area (Å²) in [7, 11) is 1.53. The van der Waals surface area contributed by atoms with Gasteiger partial charge in [-0.15, -0.1) is 0 Å². The molecule has 1 aromatic carbocycles. The summed E-state index contributed by atoms with van der Waals surface area (Å²) in [6.07, 6.45) is 0.583. The Kier molecular flexibility index (Phi) is 3.46. The Morgan fingerprint density at radius 1 is 1.44 bits per heavy atom. The Bertz CT molecular complexity index is 582. The summed E-state index contributed by atoms with van der Waals surface area (Å²) in [5, 5.41) is 1.44. The first-order valence-electron chi connectivity index (χ1n) is 5.79. The highest BCUT2D eigenvalue weighted by molar-refractivity contribution is 6.31. The lowest BCUT2D eigenvalue weighted by atomic mass is 9.95. The monoisotopic (exact) mass is 266 g/mol. The molecule has 0 aliphatic rings. The minimum Gasteiger partial charge on any atom is -0.453 e. The van der Waals surface area contributed by atoms with Crippen LogP contribution in [0.25, 0.3) is 11.0 Å². The van der Waals surface area contributed by atoms with Gasteiger partial charge in [0, 0.05) is 17.5 Å². The number of rotatable bonds is 4. The van der Waals surface area contributed by atoms with E-state index in [-0.39, 0.29) is 5.78 Å². The summed E-state index contributed by atoms with van der Waals surface area (Å²) >= 11 is 5.90. The number of Topliss-reactive ketones (excluding diaryl/α,β-unsaturated/α-hetero) is 1. The van der Waals surface area contributed by atoms with E-state index in [1.807, 2.05) is 6.92 Å². The first kappa shape index (κ1) is 13.1. The maximum atomic E-state index is 12.3. The second-order valence-electron chi connectivity index (χ2n) is 4.41. The van der Waals surface area contributed by atoms with Crippen molar-refractivity contribution < 1.29 is 13.9 Å². The van der Waals surface area contributed by atoms with Crippen LogP contribution in [0.4, 0.5) is 0 Å². The van der Waals surface area contributed by atoms with E-state index in [1.54, 1.807) is 31.2 Å². The topological polar surface area (TPSA) is 39.4 Å². The molecule has 0 aliphatic heterocycles. The first-order valence-corrected chi connectivity index (χ1v) is 6.17. The predicted octanol–water partition coefficient (Wildman–Crippen LogP) is 4.08. The molecule has 0 amide bonds. The van der Waals surface area contributed by atoms with Gasteiger partial charge in [0.25, 0.3) is 0 Å². The van der Waals surface area contributed by atoms with Gasteiger partial charge in [-0.05, 0) is 37.6 Å². The average molecular weight is 267 g/mol. The molecular formula is C14H15ClO3. The number of benzene rings is 1. The SMILES string of the molecule is CCC(C)(OC)C(=O)c1cc2cc(Cl)ccc2o1. The number of methoxy groups -OCH3 is 1. The summed E-state index contributed by atoms with van der Waals surface area (Å²) in [5.41, 5.74) is -0.199. The van der Waals surface area contributed by atoms with E-state index in [0.29, 0.717) is 22.8 Å². The van der Waals surface area contributed by atoms with E-state index in [1.165, 1.54) is 7.11 Å². The number of carbonyl (C=O) groups is 1. The number of hydrogen-bond acceptors (Lipinski definition) is 3. The van der Waals surface area contributed by atoms with Crippen LogP contribution >= 0.6 is 11.6 Å². The fraction of sp³-hybridized carbons (Fsp3) is 0.357. The Balaban J connectivity index is 2.45. The van der Waals surface area contributed by atoms with E-state index < -0.39 is 5.60 Å². The van der Waals surface area contributed by atoms with Crippen LogP contribution in [0.15, 0.2) is 28.7 Å². The standard InChI is InChI=1S/C14H15ClO3/c1-4-14(2,17-3)13(16)12-8-9-7-10(15)5-6-11(9)18-12/h5-8H,4H2,1-3H3. The molecule has 0 N–H and O–H groups in total. The third-order valence-electron chi connectivity index (χ3n) is 3.31. The number of ether oxygens (including phenoxy) is 1. The van der Waals surface area contributed by atoms with Gasteiger partial charge in [0.1, 0.15) is 11.2 Å². The molecule has 2 rings (SSSR count). The van der Waals surface area contributed by atoms with Crippen LogP contribution < -0.4 is 0 Å². The normalized spacial score (nSPS) is 14.7. The average Bonchev–Trinajstić information content (AvgIpc) is 2.79. The Labute approximate surface area is 111 Å². The van der Waals surface area contributed by atoms with Crippen molar-refractivity contribution in [1.29, 1.82) is 0 Å². The zero-order valence-corrected chi connectivity index (χ0v) is 11.4. The molecule has 0 spiro atoms. The number of carbonyl (C=O) groups excluding carboxylic acids is 1. The van der Waals surface area contributed by atoms with Crippen LogP contribution in [0.2, 0.25) is 5.02 Å². The molecule has 1 unspecified atom stereocenters. The molecule has 1 heterocycles. The molecule has 4 heteroatoms. The van der Waals surface area contributed by atoms with Gasteiger partial charge < -0.3 is 9.15 Å². The summed E-state index contributed by atoms with van der Waals surface area (Å²) in [6, 6.07) is 6.96. The zero-order valence-electron chi connectivity index (χ0n) is 10.6. The van der Waals surface area contributed by atoms with Gasteiger partial charge in [-0.25, -0.2) is 0 Å². The molecule has 1 aromatic heterocycles. The van der Waals surface area contributed by atoms with Gasteiger partial charge in [-0.1, -0.05) is 18.5 Å². The third-order valence-corrected chi connectivity index (χ3v) is 3.54. The minimum absolute atomic E-state index is 0.153. The fourth-order valence-electron chi connectivity index (χ4n) is 1.78. The molecule has 0 bridgehead atoms. The second kappa shape index (κ2) is 4.75. The Morgan fingerprint density at radius 2 is 2.17 bits per heavy atom. The van der Waals surface area contributed by atoms with Gasteiger partial charge in [-0.3, -0.25) is 4.79 Å². The fourth-order valence-corrected chi connectivity index (χ4v) is 1.96. The van der Waals surface area contributed by atoms with Crippen molar-refractivity contribution in [3.05, 3.63) is 35.0 Å². The third kappa shape index (κ3) is 2.16. The molecule has 3 nitrogen and oxygen atoms in total. The summed E-state index contributed by atoms with van der Waals surface area (Å²) in [4.78, 5) is 12.3. The van der Waals surface area contributed by atoms with Crippen LogP contribution in [-0.2, 0) is 4.74 Å². The summed E-state index contributed by atoms with van der Waals surface area (Å²) in [5.74, 6) is 0.151. The van der Waals surface area contributed by atoms with Crippen molar-refractivity contribution in [2.45, 2.75) is 25.9 Å². The Morgan fingerprint density at radius 3 is 2.78 bits per heavy atom. The van der Waals surface area contributed by atoms with Crippen molar-refractivity contribution in [1.82, 2.24) is 0 Å². The van der Waals surface area contributed by atoms with Crippen molar-refractivity contribution >= 4 is 28.4 Å². The summed E-state index contributed by atoms with van der Waals surface area (Å²) in [6.45, 7) is 3.66. The molecule has 96 valence electrons. The lowest BCUT2D eigenvalue weighted by molar-refractivity contribution is 0.00855. The molecule has 0 fully saturated rings. The maximum absolute atomic E-state index is 12.3. The van der Waals surface area contributed by atoms with Crippen molar-refractivity contribution in [2.24, 2.45) is 0 Å². The number of halogens is 1. The quantitative estimate of drug-likeness (QED) is 0.783. The zero-order chi connectivity index (χ0) is 13.3. The number of ketones is 1. The summed E-state index contributed by atoms with van der Waals surface area (Å²) < 4.78 is 10.8. The molecule has 18 heavy (non-hydrogen) atoms.